The van der Waals surface area contributed by atoms with Gasteiger partial charge in [-0.25, -0.2) is 4.98 Å². The molecule has 5 rings (SSSR count). The van der Waals surface area contributed by atoms with Gasteiger partial charge in [-0.15, -0.1) is 0 Å². The minimum absolute atomic E-state index is 0.376. The van der Waals surface area contributed by atoms with Crippen molar-refractivity contribution in [2.75, 3.05) is 46.6 Å². The van der Waals surface area contributed by atoms with E-state index in [1.807, 2.05) is 36.4 Å². The zero-order chi connectivity index (χ0) is 24.9. The molecule has 7 nitrogen and oxygen atoms in total. The van der Waals surface area contributed by atoms with E-state index in [4.69, 9.17) is 29.3 Å². The molecular formula is C29H33N3O4. The molecule has 36 heavy (non-hydrogen) atoms. The Morgan fingerprint density at radius 1 is 1.03 bits per heavy atom. The average Bonchev–Trinajstić information content (AvgIpc) is 3.34. The van der Waals surface area contributed by atoms with E-state index in [0.29, 0.717) is 30.4 Å². The van der Waals surface area contributed by atoms with Gasteiger partial charge in [0.15, 0.2) is 5.58 Å². The van der Waals surface area contributed by atoms with Crippen LogP contribution >= 0.6 is 0 Å². The van der Waals surface area contributed by atoms with Crippen molar-refractivity contribution in [1.82, 2.24) is 9.88 Å². The highest BCUT2D eigenvalue weighted by atomic mass is 16.5. The van der Waals surface area contributed by atoms with E-state index in [9.17, 15) is 0 Å². The van der Waals surface area contributed by atoms with Crippen LogP contribution in [-0.4, -0.2) is 56.4 Å². The number of oxazole rings is 1. The molecule has 0 amide bonds. The molecule has 0 bridgehead atoms. The van der Waals surface area contributed by atoms with E-state index in [0.717, 1.165) is 78.4 Å². The first-order valence-corrected chi connectivity index (χ1v) is 12.5. The Morgan fingerprint density at radius 2 is 1.83 bits per heavy atom. The summed E-state index contributed by atoms with van der Waals surface area (Å²) in [7, 11) is 1.63. The van der Waals surface area contributed by atoms with E-state index < -0.39 is 0 Å². The lowest BCUT2D eigenvalue weighted by Gasteiger charge is -2.26. The van der Waals surface area contributed by atoms with E-state index in [2.05, 4.69) is 30.0 Å². The number of aromatic nitrogens is 1. The maximum absolute atomic E-state index is 6.14. The highest BCUT2D eigenvalue weighted by Crippen LogP contribution is 2.35. The zero-order valence-electron chi connectivity index (χ0n) is 21.0. The largest absolute Gasteiger partial charge is 0.496 e. The first-order chi connectivity index (χ1) is 17.7. The number of ether oxygens (including phenoxy) is 3. The Kier molecular flexibility index (Phi) is 7.51. The summed E-state index contributed by atoms with van der Waals surface area (Å²) in [4.78, 5) is 7.18. The maximum Gasteiger partial charge on any atom is 0.227 e. The molecule has 0 saturated carbocycles. The van der Waals surface area contributed by atoms with Crippen LogP contribution < -0.4 is 15.2 Å². The number of benzene rings is 3. The van der Waals surface area contributed by atoms with Crippen molar-refractivity contribution in [2.24, 2.45) is 5.73 Å². The molecule has 1 fully saturated rings. The minimum atomic E-state index is 0.376. The number of methoxy groups -OCH3 is 1. The van der Waals surface area contributed by atoms with Gasteiger partial charge in [0, 0.05) is 43.4 Å². The second kappa shape index (κ2) is 11.1. The summed E-state index contributed by atoms with van der Waals surface area (Å²) in [5, 5.41) is 0. The maximum atomic E-state index is 6.14. The molecule has 188 valence electrons. The van der Waals surface area contributed by atoms with Gasteiger partial charge in [0.1, 0.15) is 17.0 Å². The third-order valence-corrected chi connectivity index (χ3v) is 6.71. The van der Waals surface area contributed by atoms with Gasteiger partial charge in [-0.1, -0.05) is 24.3 Å². The van der Waals surface area contributed by atoms with E-state index in [1.165, 1.54) is 0 Å². The van der Waals surface area contributed by atoms with Crippen LogP contribution in [-0.2, 0) is 11.3 Å². The SMILES string of the molecule is COc1cc2oc(-c3cccc(-c4cccc(OCCCN5CCOCC5)c4)c3C)nc2cc1CN. The van der Waals surface area contributed by atoms with Crippen molar-refractivity contribution in [3.05, 3.63) is 65.7 Å². The molecule has 0 spiro atoms. The monoisotopic (exact) mass is 487 g/mol. The van der Waals surface area contributed by atoms with Crippen LogP contribution in [0, 0.1) is 6.92 Å². The zero-order valence-corrected chi connectivity index (χ0v) is 21.0. The number of fused-ring (bicyclic) bond motifs is 1. The summed E-state index contributed by atoms with van der Waals surface area (Å²) in [6, 6.07) is 18.2. The summed E-state index contributed by atoms with van der Waals surface area (Å²) < 4.78 is 23.1. The standard InChI is InChI=1S/C29H33N3O4/c1-20-24(21-6-3-7-23(16-21)35-13-5-10-32-11-14-34-15-12-32)8-4-9-25(20)29-31-26-17-22(19-30)27(33-2)18-28(26)36-29/h3-4,6-9,16-18H,5,10-15,19,30H2,1-2H3. The molecule has 7 heteroatoms. The average molecular weight is 488 g/mol. The van der Waals surface area contributed by atoms with Crippen LogP contribution in [0.5, 0.6) is 11.5 Å². The molecular weight excluding hydrogens is 454 g/mol. The Bertz CT molecular complexity index is 1290. The van der Waals surface area contributed by atoms with Crippen LogP contribution in [0.2, 0.25) is 0 Å². The van der Waals surface area contributed by atoms with Gasteiger partial charge >= 0.3 is 0 Å². The van der Waals surface area contributed by atoms with Crippen LogP contribution in [0.15, 0.2) is 59.0 Å². The number of nitrogens with two attached hydrogens (primary N) is 1. The molecule has 2 N–H and O–H groups in total. The predicted octanol–water partition coefficient (Wildman–Crippen LogP) is 5.04. The Hall–Kier alpha value is -3.39. The first kappa shape index (κ1) is 24.3. The summed E-state index contributed by atoms with van der Waals surface area (Å²) in [6.07, 6.45) is 0.993. The fourth-order valence-electron chi connectivity index (χ4n) is 4.70. The molecule has 0 radical (unpaired) electrons. The lowest BCUT2D eigenvalue weighted by Crippen LogP contribution is -2.37. The smallest absolute Gasteiger partial charge is 0.227 e. The summed E-state index contributed by atoms with van der Waals surface area (Å²) >= 11 is 0. The van der Waals surface area contributed by atoms with Crippen LogP contribution in [0.25, 0.3) is 33.7 Å². The van der Waals surface area contributed by atoms with Gasteiger partial charge < -0.3 is 24.4 Å². The number of nitrogens with zero attached hydrogens (tertiary/aromatic N) is 2. The molecule has 0 aliphatic carbocycles. The van der Waals surface area contributed by atoms with Gasteiger partial charge in [0.25, 0.3) is 0 Å². The molecule has 1 aromatic heterocycles. The normalized spacial score (nSPS) is 14.3. The van der Waals surface area contributed by atoms with Crippen LogP contribution in [0.3, 0.4) is 0 Å². The number of hydrogen-bond acceptors (Lipinski definition) is 7. The molecule has 3 aromatic carbocycles. The van der Waals surface area contributed by atoms with Crippen LogP contribution in [0.4, 0.5) is 0 Å². The van der Waals surface area contributed by atoms with Crippen molar-refractivity contribution in [3.63, 3.8) is 0 Å². The van der Waals surface area contributed by atoms with Gasteiger partial charge in [-0.05, 0) is 54.3 Å². The molecule has 1 saturated heterocycles. The lowest BCUT2D eigenvalue weighted by atomic mass is 9.96. The second-order valence-corrected chi connectivity index (χ2v) is 9.02. The summed E-state index contributed by atoms with van der Waals surface area (Å²) in [5.41, 5.74) is 12.5. The molecule has 4 aromatic rings. The highest BCUT2D eigenvalue weighted by Gasteiger charge is 2.16. The van der Waals surface area contributed by atoms with Crippen molar-refractivity contribution in [1.29, 1.82) is 0 Å². The fourth-order valence-corrected chi connectivity index (χ4v) is 4.70. The Balaban J connectivity index is 1.34. The van der Waals surface area contributed by atoms with E-state index in [-0.39, 0.29) is 0 Å². The first-order valence-electron chi connectivity index (χ1n) is 12.5. The predicted molar refractivity (Wildman–Crippen MR) is 141 cm³/mol. The fraction of sp³-hybridized carbons (Fsp3) is 0.345. The number of morpholine rings is 1. The van der Waals surface area contributed by atoms with Crippen molar-refractivity contribution in [2.45, 2.75) is 19.9 Å². The van der Waals surface area contributed by atoms with Gasteiger partial charge in [0.2, 0.25) is 5.89 Å². The summed E-state index contributed by atoms with van der Waals surface area (Å²) in [5.74, 6) is 2.17. The van der Waals surface area contributed by atoms with E-state index in [1.54, 1.807) is 7.11 Å². The minimum Gasteiger partial charge on any atom is -0.496 e. The summed E-state index contributed by atoms with van der Waals surface area (Å²) in [6.45, 7) is 7.87. The quantitative estimate of drug-likeness (QED) is 0.331. The molecule has 0 atom stereocenters. The topological polar surface area (TPSA) is 83.0 Å². The highest BCUT2D eigenvalue weighted by molar-refractivity contribution is 5.82. The number of rotatable bonds is 9. The number of hydrogen-bond donors (Lipinski definition) is 1. The molecule has 0 unspecified atom stereocenters. The van der Waals surface area contributed by atoms with Gasteiger partial charge in [0.05, 0.1) is 26.9 Å². The third kappa shape index (κ3) is 5.23. The second-order valence-electron chi connectivity index (χ2n) is 9.02. The molecule has 1 aliphatic heterocycles. The van der Waals surface area contributed by atoms with Crippen molar-refractivity contribution >= 4 is 11.1 Å². The Morgan fingerprint density at radius 3 is 2.64 bits per heavy atom. The van der Waals surface area contributed by atoms with Crippen molar-refractivity contribution < 1.29 is 18.6 Å². The van der Waals surface area contributed by atoms with Crippen LogP contribution in [0.1, 0.15) is 17.5 Å². The van der Waals surface area contributed by atoms with Gasteiger partial charge in [-0.2, -0.15) is 0 Å². The van der Waals surface area contributed by atoms with Gasteiger partial charge in [-0.3, -0.25) is 4.90 Å². The van der Waals surface area contributed by atoms with E-state index >= 15 is 0 Å². The molecule has 1 aliphatic rings. The Labute approximate surface area is 211 Å². The molecule has 2 heterocycles. The lowest BCUT2D eigenvalue weighted by molar-refractivity contribution is 0.0358. The third-order valence-electron chi connectivity index (χ3n) is 6.71. The van der Waals surface area contributed by atoms with Crippen molar-refractivity contribution in [3.8, 4) is 34.1 Å².